The molecule has 1 aromatic carbocycles. The number of nitrogens with zero attached hydrogens (tertiary/aromatic N) is 2. The number of aliphatic hydroxyl groups excluding tert-OH is 1. The Hall–Kier alpha value is -2.56. The Morgan fingerprint density at radius 1 is 1.32 bits per heavy atom. The average Bonchev–Trinajstić information content (AvgIpc) is 2.73. The van der Waals surface area contributed by atoms with E-state index in [0.29, 0.717) is 42.7 Å². The molecule has 166 valence electrons. The lowest BCUT2D eigenvalue weighted by atomic mass is 10.0. The zero-order valence-electron chi connectivity index (χ0n) is 16.5. The number of benzene rings is 1. The quantitative estimate of drug-likeness (QED) is 0.688. The maximum Gasteiger partial charge on any atom is 0.347 e. The Morgan fingerprint density at radius 3 is 2.52 bits per heavy atom. The number of carbonyl (C=O) groups is 1. The number of amides is 2. The summed E-state index contributed by atoms with van der Waals surface area (Å²) in [4.78, 5) is 17.8. The molecule has 0 radical (unpaired) electrons. The van der Waals surface area contributed by atoms with E-state index in [-0.39, 0.29) is 12.3 Å². The summed E-state index contributed by atoms with van der Waals surface area (Å²) >= 11 is 6.22. The van der Waals surface area contributed by atoms with Crippen LogP contribution in [0.2, 0.25) is 5.02 Å². The second-order valence-corrected chi connectivity index (χ2v) is 9.63. The number of aromatic nitrogens is 1. The summed E-state index contributed by atoms with van der Waals surface area (Å²) in [6, 6.07) is 5.80. The number of pyridine rings is 1. The molecule has 7 nitrogen and oxygen atoms in total. The minimum Gasteiger partial charge on any atom is -0.392 e. The summed E-state index contributed by atoms with van der Waals surface area (Å²) in [5.41, 5.74) is 2.37. The van der Waals surface area contributed by atoms with Crippen LogP contribution in [0, 0.1) is 0 Å². The zero-order valence-corrected chi connectivity index (χ0v) is 18.1. The monoisotopic (exact) mass is 471 g/mol. The van der Waals surface area contributed by atoms with Crippen molar-refractivity contribution in [3.05, 3.63) is 58.9 Å². The first-order chi connectivity index (χ1) is 14.5. The molecule has 0 aliphatic carbocycles. The highest BCUT2D eigenvalue weighted by atomic mass is 35.5. The number of hydrogen-bond acceptors (Lipinski definition) is 5. The molecule has 0 saturated carbocycles. The van der Waals surface area contributed by atoms with Crippen molar-refractivity contribution >= 4 is 38.7 Å². The molecule has 2 amide bonds. The summed E-state index contributed by atoms with van der Waals surface area (Å²) in [6.07, 6.45) is 3.88. The first kappa shape index (κ1) is 23.1. The van der Waals surface area contributed by atoms with Crippen LogP contribution in [0.25, 0.3) is 5.57 Å². The van der Waals surface area contributed by atoms with Gasteiger partial charge in [0.05, 0.1) is 22.2 Å². The van der Waals surface area contributed by atoms with Gasteiger partial charge in [0.1, 0.15) is 0 Å². The number of urea groups is 1. The van der Waals surface area contributed by atoms with Crippen molar-refractivity contribution in [3.63, 3.8) is 0 Å². The molecular formula is C20H20ClF2N3O4S. The Kier molecular flexibility index (Phi) is 6.63. The van der Waals surface area contributed by atoms with Crippen LogP contribution in [0.1, 0.15) is 24.6 Å². The Bertz CT molecular complexity index is 1120. The van der Waals surface area contributed by atoms with E-state index in [4.69, 9.17) is 16.7 Å². The summed E-state index contributed by atoms with van der Waals surface area (Å²) in [7, 11) is -4.78. The van der Waals surface area contributed by atoms with E-state index in [0.717, 1.165) is 17.7 Å². The molecule has 1 aliphatic heterocycles. The Labute approximate surface area is 183 Å². The molecule has 11 heteroatoms. The molecule has 2 heterocycles. The first-order valence-corrected chi connectivity index (χ1v) is 11.1. The molecule has 31 heavy (non-hydrogen) atoms. The van der Waals surface area contributed by atoms with Gasteiger partial charge in [-0.1, -0.05) is 17.7 Å². The van der Waals surface area contributed by atoms with Gasteiger partial charge in [-0.2, -0.15) is 8.78 Å². The number of hydrogen-bond donors (Lipinski definition) is 2. The van der Waals surface area contributed by atoms with E-state index in [1.165, 1.54) is 17.0 Å². The minimum absolute atomic E-state index is 0.159. The number of alkyl halides is 2. The van der Waals surface area contributed by atoms with Crippen molar-refractivity contribution in [2.24, 2.45) is 0 Å². The third-order valence-electron chi connectivity index (χ3n) is 4.77. The van der Waals surface area contributed by atoms with Gasteiger partial charge in [0, 0.05) is 31.9 Å². The van der Waals surface area contributed by atoms with Crippen molar-refractivity contribution < 1.29 is 27.1 Å². The third-order valence-corrected chi connectivity index (χ3v) is 6.89. The van der Waals surface area contributed by atoms with E-state index < -0.39 is 26.0 Å². The number of nitrogens with one attached hydrogen (secondary N) is 1. The van der Waals surface area contributed by atoms with Gasteiger partial charge in [-0.05, 0) is 47.9 Å². The second-order valence-electron chi connectivity index (χ2n) is 7.02. The molecule has 1 aromatic heterocycles. The van der Waals surface area contributed by atoms with Gasteiger partial charge in [-0.3, -0.25) is 4.98 Å². The minimum atomic E-state index is -4.78. The van der Waals surface area contributed by atoms with E-state index in [1.54, 1.807) is 12.3 Å². The van der Waals surface area contributed by atoms with Crippen LogP contribution in [0.3, 0.4) is 0 Å². The molecule has 0 atom stereocenters. The summed E-state index contributed by atoms with van der Waals surface area (Å²) in [6.45, 7) is 0.856. The van der Waals surface area contributed by atoms with Crippen LogP contribution >= 0.6 is 11.6 Å². The van der Waals surface area contributed by atoms with Gasteiger partial charge in [-0.25, -0.2) is 13.2 Å². The van der Waals surface area contributed by atoms with Gasteiger partial charge in [-0.15, -0.1) is 0 Å². The molecular weight excluding hydrogens is 452 g/mol. The standard InChI is InChI=1S/C20H20ClF2N3O4S/c1-20(22,23)31(29,30)16-4-2-15(3-5-16)25-19(28)26-8-6-14(7-9-26)18-17(21)10-13(12-27)11-24-18/h2-6,10-11,27H,7-9,12H2,1H3,(H,25,28). The van der Waals surface area contributed by atoms with Crippen molar-refractivity contribution in [1.29, 1.82) is 0 Å². The summed E-state index contributed by atoms with van der Waals surface area (Å²) in [5, 5.41) is 8.28. The van der Waals surface area contributed by atoms with Crippen molar-refractivity contribution in [2.45, 2.75) is 30.1 Å². The maximum absolute atomic E-state index is 13.3. The lowest BCUT2D eigenvalue weighted by molar-refractivity contribution is 0.114. The topological polar surface area (TPSA) is 99.6 Å². The van der Waals surface area contributed by atoms with Gasteiger partial charge < -0.3 is 15.3 Å². The number of carbonyl (C=O) groups excluding carboxylic acids is 1. The molecule has 2 N–H and O–H groups in total. The largest absolute Gasteiger partial charge is 0.392 e. The van der Waals surface area contributed by atoms with Crippen LogP contribution in [-0.4, -0.2) is 47.8 Å². The molecule has 2 aromatic rings. The van der Waals surface area contributed by atoms with Crippen LogP contribution in [-0.2, 0) is 16.4 Å². The first-order valence-electron chi connectivity index (χ1n) is 9.26. The predicted octanol–water partition coefficient (Wildman–Crippen LogP) is 3.93. The molecule has 0 spiro atoms. The Morgan fingerprint density at radius 2 is 2.00 bits per heavy atom. The lowest BCUT2D eigenvalue weighted by Crippen LogP contribution is -2.38. The van der Waals surface area contributed by atoms with Crippen molar-refractivity contribution in [3.8, 4) is 0 Å². The predicted molar refractivity (Wildman–Crippen MR) is 113 cm³/mol. The van der Waals surface area contributed by atoms with Gasteiger partial charge in [0.25, 0.3) is 0 Å². The molecule has 1 aliphatic rings. The maximum atomic E-state index is 13.3. The smallest absolute Gasteiger partial charge is 0.347 e. The summed E-state index contributed by atoms with van der Waals surface area (Å²) < 4.78 is 50.1. The number of anilines is 1. The highest BCUT2D eigenvalue weighted by Gasteiger charge is 2.40. The normalized spacial score (nSPS) is 14.9. The number of halogens is 3. The van der Waals surface area contributed by atoms with E-state index in [9.17, 15) is 22.0 Å². The highest BCUT2D eigenvalue weighted by molar-refractivity contribution is 7.92. The Balaban J connectivity index is 1.65. The van der Waals surface area contributed by atoms with Gasteiger partial charge in [0.2, 0.25) is 9.84 Å². The van der Waals surface area contributed by atoms with Crippen LogP contribution in [0.5, 0.6) is 0 Å². The molecule has 0 unspecified atom stereocenters. The number of aliphatic hydroxyl groups is 1. The number of rotatable bonds is 5. The SMILES string of the molecule is CC(F)(F)S(=O)(=O)c1ccc(NC(=O)N2CC=C(c3ncc(CO)cc3Cl)CC2)cc1. The summed E-state index contributed by atoms with van der Waals surface area (Å²) in [5.74, 6) is 0. The zero-order chi connectivity index (χ0) is 22.8. The molecule has 0 fully saturated rings. The highest BCUT2D eigenvalue weighted by Crippen LogP contribution is 2.30. The molecule has 0 bridgehead atoms. The fraction of sp³-hybridized carbons (Fsp3) is 0.300. The van der Waals surface area contributed by atoms with Crippen molar-refractivity contribution in [2.75, 3.05) is 18.4 Å². The fourth-order valence-electron chi connectivity index (χ4n) is 3.00. The second kappa shape index (κ2) is 8.89. The van der Waals surface area contributed by atoms with E-state index in [2.05, 4.69) is 10.3 Å². The van der Waals surface area contributed by atoms with E-state index in [1.807, 2.05) is 6.08 Å². The van der Waals surface area contributed by atoms with Crippen molar-refractivity contribution in [1.82, 2.24) is 9.88 Å². The van der Waals surface area contributed by atoms with E-state index >= 15 is 0 Å². The third kappa shape index (κ3) is 5.03. The lowest BCUT2D eigenvalue weighted by Gasteiger charge is -2.27. The molecule has 3 rings (SSSR count). The molecule has 0 saturated heterocycles. The fourth-order valence-corrected chi connectivity index (χ4v) is 4.21. The van der Waals surface area contributed by atoms with Crippen LogP contribution in [0.15, 0.2) is 47.5 Å². The van der Waals surface area contributed by atoms with Gasteiger partial charge in [0.15, 0.2) is 0 Å². The number of sulfone groups is 1. The van der Waals surface area contributed by atoms with Crippen LogP contribution in [0.4, 0.5) is 19.3 Å². The average molecular weight is 472 g/mol. The van der Waals surface area contributed by atoms with Gasteiger partial charge >= 0.3 is 11.3 Å². The van der Waals surface area contributed by atoms with Crippen LogP contribution < -0.4 is 5.32 Å².